The van der Waals surface area contributed by atoms with E-state index in [9.17, 15) is 5.26 Å². The van der Waals surface area contributed by atoms with Gasteiger partial charge in [0, 0.05) is 32.3 Å². The first kappa shape index (κ1) is 17.5. The zero-order valence-corrected chi connectivity index (χ0v) is 14.0. The summed E-state index contributed by atoms with van der Waals surface area (Å²) in [5.41, 5.74) is 2.84. The van der Waals surface area contributed by atoms with Crippen molar-refractivity contribution < 1.29 is 4.74 Å². The number of rotatable bonds is 6. The molecule has 21 heavy (non-hydrogen) atoms. The lowest BCUT2D eigenvalue weighted by Gasteiger charge is -2.27. The molecule has 0 aliphatic carbocycles. The van der Waals surface area contributed by atoms with E-state index in [4.69, 9.17) is 4.74 Å². The van der Waals surface area contributed by atoms with Crippen molar-refractivity contribution in [3.63, 3.8) is 0 Å². The standard InChI is InChI=1S/C17H27N3O/c1-13(12-21-6)20(5)16-8-7-14(9-15(16)10-18)11-19-17(2,3)4/h7-9,13,19H,11-12H2,1-6H3. The molecule has 0 amide bonds. The molecular weight excluding hydrogens is 262 g/mol. The summed E-state index contributed by atoms with van der Waals surface area (Å²) in [5.74, 6) is 0. The molecule has 0 spiro atoms. The number of hydrogen-bond acceptors (Lipinski definition) is 4. The van der Waals surface area contributed by atoms with Crippen molar-refractivity contribution >= 4 is 5.69 Å². The molecule has 0 fully saturated rings. The van der Waals surface area contributed by atoms with Crippen LogP contribution in [-0.2, 0) is 11.3 Å². The maximum atomic E-state index is 9.40. The van der Waals surface area contributed by atoms with Crippen LogP contribution in [0.1, 0.15) is 38.8 Å². The minimum Gasteiger partial charge on any atom is -0.383 e. The zero-order chi connectivity index (χ0) is 16.0. The van der Waals surface area contributed by atoms with Gasteiger partial charge in [-0.05, 0) is 45.4 Å². The highest BCUT2D eigenvalue weighted by atomic mass is 16.5. The molecule has 4 nitrogen and oxygen atoms in total. The molecule has 116 valence electrons. The fourth-order valence-electron chi connectivity index (χ4n) is 2.05. The summed E-state index contributed by atoms with van der Waals surface area (Å²) in [4.78, 5) is 2.09. The second-order valence-corrected chi connectivity index (χ2v) is 6.48. The molecule has 0 aliphatic heterocycles. The van der Waals surface area contributed by atoms with Gasteiger partial charge in [0.25, 0.3) is 0 Å². The number of anilines is 1. The van der Waals surface area contributed by atoms with Crippen LogP contribution in [0.5, 0.6) is 0 Å². The molecule has 0 saturated carbocycles. The predicted molar refractivity (Wildman–Crippen MR) is 87.5 cm³/mol. The van der Waals surface area contributed by atoms with Crippen LogP contribution in [0.15, 0.2) is 18.2 Å². The van der Waals surface area contributed by atoms with E-state index in [2.05, 4.69) is 50.0 Å². The molecule has 0 aromatic heterocycles. The van der Waals surface area contributed by atoms with E-state index in [1.807, 2.05) is 19.2 Å². The average molecular weight is 289 g/mol. The normalized spacial score (nSPS) is 12.8. The summed E-state index contributed by atoms with van der Waals surface area (Å²) < 4.78 is 5.18. The largest absolute Gasteiger partial charge is 0.383 e. The van der Waals surface area contributed by atoms with Crippen LogP contribution in [0.4, 0.5) is 5.69 Å². The summed E-state index contributed by atoms with van der Waals surface area (Å²) in [5, 5.41) is 12.8. The van der Waals surface area contributed by atoms with Crippen LogP contribution in [0.2, 0.25) is 0 Å². The van der Waals surface area contributed by atoms with Gasteiger partial charge in [-0.25, -0.2) is 0 Å². The Balaban J connectivity index is 2.92. The first-order valence-electron chi connectivity index (χ1n) is 7.28. The van der Waals surface area contributed by atoms with Gasteiger partial charge < -0.3 is 15.0 Å². The number of nitrogens with zero attached hydrogens (tertiary/aromatic N) is 2. The molecule has 4 heteroatoms. The van der Waals surface area contributed by atoms with E-state index in [1.165, 1.54) is 0 Å². The van der Waals surface area contributed by atoms with Crippen LogP contribution in [0.3, 0.4) is 0 Å². The molecule has 1 aromatic rings. The van der Waals surface area contributed by atoms with Crippen molar-refractivity contribution in [1.82, 2.24) is 5.32 Å². The first-order valence-corrected chi connectivity index (χ1v) is 7.28. The van der Waals surface area contributed by atoms with Gasteiger partial charge in [-0.2, -0.15) is 5.26 Å². The van der Waals surface area contributed by atoms with Crippen LogP contribution >= 0.6 is 0 Å². The Morgan fingerprint density at radius 2 is 2.05 bits per heavy atom. The van der Waals surface area contributed by atoms with Crippen LogP contribution in [-0.4, -0.2) is 32.3 Å². The van der Waals surface area contributed by atoms with Gasteiger partial charge in [-0.15, -0.1) is 0 Å². The SMILES string of the molecule is COCC(C)N(C)c1ccc(CNC(C)(C)C)cc1C#N. The van der Waals surface area contributed by atoms with Gasteiger partial charge in [0.15, 0.2) is 0 Å². The van der Waals surface area contributed by atoms with Crippen molar-refractivity contribution in [1.29, 1.82) is 5.26 Å². The summed E-state index contributed by atoms with van der Waals surface area (Å²) in [7, 11) is 3.68. The lowest BCUT2D eigenvalue weighted by molar-refractivity contribution is 0.183. The van der Waals surface area contributed by atoms with E-state index in [0.717, 1.165) is 17.8 Å². The predicted octanol–water partition coefficient (Wildman–Crippen LogP) is 2.92. The van der Waals surface area contributed by atoms with Gasteiger partial charge in [-0.3, -0.25) is 0 Å². The summed E-state index contributed by atoms with van der Waals surface area (Å²) in [6.07, 6.45) is 0. The van der Waals surface area contributed by atoms with Gasteiger partial charge in [0.05, 0.1) is 17.9 Å². The second-order valence-electron chi connectivity index (χ2n) is 6.48. The number of ether oxygens (including phenoxy) is 1. The third kappa shape index (κ3) is 5.37. The number of methoxy groups -OCH3 is 1. The van der Waals surface area contributed by atoms with Crippen LogP contribution in [0, 0.1) is 11.3 Å². The fraction of sp³-hybridized carbons (Fsp3) is 0.588. The maximum absolute atomic E-state index is 9.40. The van der Waals surface area contributed by atoms with Crippen molar-refractivity contribution in [3.05, 3.63) is 29.3 Å². The molecule has 1 unspecified atom stereocenters. The Bertz CT molecular complexity index is 500. The highest BCUT2D eigenvalue weighted by Crippen LogP contribution is 2.22. The minimum absolute atomic E-state index is 0.0647. The van der Waals surface area contributed by atoms with E-state index in [1.54, 1.807) is 7.11 Å². The number of likely N-dealkylation sites (N-methyl/N-ethyl adjacent to an activating group) is 1. The van der Waals surface area contributed by atoms with Crippen LogP contribution < -0.4 is 10.2 Å². The van der Waals surface area contributed by atoms with E-state index >= 15 is 0 Å². The Morgan fingerprint density at radius 3 is 2.57 bits per heavy atom. The number of nitrogens with one attached hydrogen (secondary N) is 1. The summed E-state index contributed by atoms with van der Waals surface area (Å²) in [6.45, 7) is 9.87. The lowest BCUT2D eigenvalue weighted by atomic mass is 10.1. The molecule has 1 atom stereocenters. The van der Waals surface area contributed by atoms with E-state index in [-0.39, 0.29) is 11.6 Å². The van der Waals surface area contributed by atoms with Gasteiger partial charge in [0.1, 0.15) is 6.07 Å². The molecule has 0 bridgehead atoms. The summed E-state index contributed by atoms with van der Waals surface area (Å²) >= 11 is 0. The Labute approximate surface area is 128 Å². The van der Waals surface area contributed by atoms with Crippen molar-refractivity contribution in [2.45, 2.75) is 45.8 Å². The van der Waals surface area contributed by atoms with E-state index in [0.29, 0.717) is 12.2 Å². The zero-order valence-electron chi connectivity index (χ0n) is 14.0. The van der Waals surface area contributed by atoms with Gasteiger partial charge >= 0.3 is 0 Å². The number of benzene rings is 1. The third-order valence-corrected chi connectivity index (χ3v) is 3.45. The minimum atomic E-state index is 0.0647. The Kier molecular flexibility index (Phi) is 6.19. The fourth-order valence-corrected chi connectivity index (χ4v) is 2.05. The topological polar surface area (TPSA) is 48.3 Å². The Hall–Kier alpha value is -1.57. The molecule has 0 radical (unpaired) electrons. The third-order valence-electron chi connectivity index (χ3n) is 3.45. The summed E-state index contributed by atoms with van der Waals surface area (Å²) in [6, 6.07) is 8.58. The number of nitriles is 1. The average Bonchev–Trinajstić information content (AvgIpc) is 2.43. The quantitative estimate of drug-likeness (QED) is 0.875. The maximum Gasteiger partial charge on any atom is 0.101 e. The molecule has 0 saturated heterocycles. The smallest absolute Gasteiger partial charge is 0.101 e. The molecule has 0 aliphatic rings. The van der Waals surface area contributed by atoms with Crippen molar-refractivity contribution in [2.75, 3.05) is 25.7 Å². The highest BCUT2D eigenvalue weighted by molar-refractivity contribution is 5.60. The van der Waals surface area contributed by atoms with Crippen molar-refractivity contribution in [2.24, 2.45) is 0 Å². The van der Waals surface area contributed by atoms with Gasteiger partial charge in [0.2, 0.25) is 0 Å². The highest BCUT2D eigenvalue weighted by Gasteiger charge is 2.15. The monoisotopic (exact) mass is 289 g/mol. The molecular formula is C17H27N3O. The first-order chi connectivity index (χ1) is 9.78. The molecule has 1 aromatic carbocycles. The second kappa shape index (κ2) is 7.44. The Morgan fingerprint density at radius 1 is 1.38 bits per heavy atom. The van der Waals surface area contributed by atoms with Crippen molar-refractivity contribution in [3.8, 4) is 6.07 Å². The lowest BCUT2D eigenvalue weighted by Crippen LogP contribution is -2.35. The molecule has 0 heterocycles. The molecule has 1 N–H and O–H groups in total. The number of hydrogen-bond donors (Lipinski definition) is 1. The molecule has 1 rings (SSSR count). The van der Waals surface area contributed by atoms with Gasteiger partial charge in [-0.1, -0.05) is 6.07 Å². The van der Waals surface area contributed by atoms with E-state index < -0.39 is 0 Å². The van der Waals surface area contributed by atoms with Crippen LogP contribution in [0.25, 0.3) is 0 Å².